The van der Waals surface area contributed by atoms with E-state index >= 15 is 0 Å². The number of carbonyl (C=O) groups excluding carboxylic acids is 1. The Hall–Kier alpha value is -4.49. The van der Waals surface area contributed by atoms with Crippen LogP contribution in [0.15, 0.2) is 96.6 Å². The van der Waals surface area contributed by atoms with Gasteiger partial charge in [0.15, 0.2) is 0 Å². The minimum Gasteiger partial charge on any atom is -0.457 e. The topological polar surface area (TPSA) is 90.1 Å². The van der Waals surface area contributed by atoms with E-state index in [9.17, 15) is 4.79 Å². The molecule has 0 saturated heterocycles. The molecule has 5 aromatic rings. The third kappa shape index (κ3) is 5.20. The number of hydrogen-bond donors (Lipinski definition) is 2. The zero-order chi connectivity index (χ0) is 24.0. The summed E-state index contributed by atoms with van der Waals surface area (Å²) < 4.78 is 6.88. The van der Waals surface area contributed by atoms with Gasteiger partial charge in [-0.05, 0) is 53.4 Å². The Bertz CT molecular complexity index is 1480. The Morgan fingerprint density at radius 3 is 2.51 bits per heavy atom. The van der Waals surface area contributed by atoms with Crippen molar-refractivity contribution in [3.05, 3.63) is 108 Å². The highest BCUT2D eigenvalue weighted by Crippen LogP contribution is 2.39. The average molecular weight is 479 g/mol. The lowest BCUT2D eigenvalue weighted by molar-refractivity contribution is -0.116. The van der Waals surface area contributed by atoms with Gasteiger partial charge in [0.1, 0.15) is 17.3 Å². The van der Waals surface area contributed by atoms with E-state index in [1.807, 2.05) is 72.8 Å². The van der Waals surface area contributed by atoms with Crippen molar-refractivity contribution in [1.82, 2.24) is 15.3 Å². The summed E-state index contributed by atoms with van der Waals surface area (Å²) in [6.07, 6.45) is 6.66. The maximum absolute atomic E-state index is 12.3. The number of para-hydroxylation sites is 1. The highest BCUT2D eigenvalue weighted by molar-refractivity contribution is 7.18. The Kier molecular flexibility index (Phi) is 6.50. The first kappa shape index (κ1) is 22.3. The maximum atomic E-state index is 12.3. The molecule has 2 aromatic carbocycles. The van der Waals surface area contributed by atoms with Gasteiger partial charge in [-0.2, -0.15) is 0 Å². The number of ether oxygens (including phenoxy) is 1. The fourth-order valence-electron chi connectivity index (χ4n) is 3.65. The molecule has 3 aromatic heterocycles. The molecule has 0 saturated carbocycles. The summed E-state index contributed by atoms with van der Waals surface area (Å²) in [7, 11) is 0. The van der Waals surface area contributed by atoms with Gasteiger partial charge in [-0.3, -0.25) is 9.78 Å². The highest BCUT2D eigenvalue weighted by atomic mass is 32.1. The van der Waals surface area contributed by atoms with Gasteiger partial charge in [-0.15, -0.1) is 11.3 Å². The number of nitrogen functional groups attached to an aromatic ring is 1. The molecule has 1 amide bonds. The van der Waals surface area contributed by atoms with Crippen LogP contribution in [0, 0.1) is 0 Å². The Labute approximate surface area is 206 Å². The average Bonchev–Trinajstić information content (AvgIpc) is 3.35. The molecule has 0 aliphatic rings. The Balaban J connectivity index is 1.35. The first-order chi connectivity index (χ1) is 17.2. The highest BCUT2D eigenvalue weighted by Gasteiger charge is 2.13. The number of nitrogens with two attached hydrogens (primary N) is 1. The monoisotopic (exact) mass is 478 g/mol. The summed E-state index contributed by atoms with van der Waals surface area (Å²) in [5.74, 6) is 1.80. The zero-order valence-corrected chi connectivity index (χ0v) is 19.5. The fourth-order valence-corrected chi connectivity index (χ4v) is 4.73. The minimum absolute atomic E-state index is 0.202. The molecule has 3 heterocycles. The number of pyridine rings is 2. The zero-order valence-electron chi connectivity index (χ0n) is 18.7. The van der Waals surface area contributed by atoms with E-state index in [0.717, 1.165) is 44.0 Å². The van der Waals surface area contributed by atoms with Crippen molar-refractivity contribution in [3.8, 4) is 22.6 Å². The third-order valence-electron chi connectivity index (χ3n) is 5.38. The molecule has 0 unspecified atom stereocenters. The lowest BCUT2D eigenvalue weighted by atomic mass is 10.0. The van der Waals surface area contributed by atoms with Gasteiger partial charge < -0.3 is 15.8 Å². The normalized spacial score (nSPS) is 11.1. The SMILES string of the molecule is Nc1ncc(C=CC(=O)NCc2ccccn2)c2scc(-c3ccc(Oc4ccccc4)cc3)c12. The van der Waals surface area contributed by atoms with Crippen LogP contribution in [0.5, 0.6) is 11.5 Å². The number of carbonyl (C=O) groups is 1. The molecule has 7 heteroatoms. The van der Waals surface area contributed by atoms with Gasteiger partial charge in [-0.25, -0.2) is 4.98 Å². The van der Waals surface area contributed by atoms with Crippen molar-refractivity contribution in [2.24, 2.45) is 0 Å². The first-order valence-corrected chi connectivity index (χ1v) is 11.9. The van der Waals surface area contributed by atoms with E-state index in [2.05, 4.69) is 20.7 Å². The van der Waals surface area contributed by atoms with Crippen molar-refractivity contribution in [1.29, 1.82) is 0 Å². The van der Waals surface area contributed by atoms with Crippen LogP contribution in [0.3, 0.4) is 0 Å². The second-order valence-corrected chi connectivity index (χ2v) is 8.64. The summed E-state index contributed by atoms with van der Waals surface area (Å²) in [4.78, 5) is 20.9. The number of rotatable bonds is 7. The molecule has 0 bridgehead atoms. The molecule has 0 aliphatic heterocycles. The van der Waals surface area contributed by atoms with E-state index in [1.54, 1.807) is 29.8 Å². The van der Waals surface area contributed by atoms with Crippen LogP contribution >= 0.6 is 11.3 Å². The van der Waals surface area contributed by atoms with Gasteiger partial charge in [0.25, 0.3) is 0 Å². The van der Waals surface area contributed by atoms with Crippen LogP contribution in [0.2, 0.25) is 0 Å². The summed E-state index contributed by atoms with van der Waals surface area (Å²) in [5, 5.41) is 5.78. The number of anilines is 1. The van der Waals surface area contributed by atoms with Crippen molar-refractivity contribution >= 4 is 39.2 Å². The van der Waals surface area contributed by atoms with E-state index in [0.29, 0.717) is 12.4 Å². The summed E-state index contributed by atoms with van der Waals surface area (Å²) in [6.45, 7) is 0.368. The van der Waals surface area contributed by atoms with Crippen molar-refractivity contribution in [3.63, 3.8) is 0 Å². The van der Waals surface area contributed by atoms with Crippen LogP contribution in [-0.2, 0) is 11.3 Å². The number of benzene rings is 2. The van der Waals surface area contributed by atoms with Crippen molar-refractivity contribution in [2.75, 3.05) is 5.73 Å². The fraction of sp³-hybridized carbons (Fsp3) is 0.0357. The molecule has 35 heavy (non-hydrogen) atoms. The Morgan fingerprint density at radius 1 is 0.971 bits per heavy atom. The molecule has 3 N–H and O–H groups in total. The lowest BCUT2D eigenvalue weighted by Crippen LogP contribution is -2.20. The molecule has 172 valence electrons. The number of nitrogens with zero attached hydrogens (tertiary/aromatic N) is 2. The van der Waals surface area contributed by atoms with Gasteiger partial charge in [-0.1, -0.05) is 36.4 Å². The van der Waals surface area contributed by atoms with E-state index in [1.165, 1.54) is 6.08 Å². The van der Waals surface area contributed by atoms with Crippen molar-refractivity contribution in [2.45, 2.75) is 6.54 Å². The number of nitrogens with one attached hydrogen (secondary N) is 1. The molecule has 0 radical (unpaired) electrons. The largest absolute Gasteiger partial charge is 0.457 e. The molecule has 0 atom stereocenters. The summed E-state index contributed by atoms with van der Waals surface area (Å²) >= 11 is 1.57. The number of thiophene rings is 1. The number of hydrogen-bond acceptors (Lipinski definition) is 6. The van der Waals surface area contributed by atoms with Gasteiger partial charge in [0, 0.05) is 39.7 Å². The lowest BCUT2D eigenvalue weighted by Gasteiger charge is -2.07. The predicted octanol–water partition coefficient (Wildman–Crippen LogP) is 6.06. The molecule has 0 fully saturated rings. The van der Waals surface area contributed by atoms with Crippen LogP contribution in [0.4, 0.5) is 5.82 Å². The standard InChI is InChI=1S/C28H22N4O2S/c29-28-26-24(19-9-12-23(13-10-19)34-22-7-2-1-3-8-22)18-35-27(26)20(16-32-28)11-14-25(33)31-17-21-6-4-5-15-30-21/h1-16,18H,17H2,(H2,29,32)(H,31,33). The molecule has 5 rings (SSSR count). The molecule has 0 aliphatic carbocycles. The van der Waals surface area contributed by atoms with Crippen LogP contribution in [-0.4, -0.2) is 15.9 Å². The van der Waals surface area contributed by atoms with Crippen molar-refractivity contribution < 1.29 is 9.53 Å². The van der Waals surface area contributed by atoms with Crippen LogP contribution < -0.4 is 15.8 Å². The smallest absolute Gasteiger partial charge is 0.244 e. The van der Waals surface area contributed by atoms with Crippen LogP contribution in [0.25, 0.3) is 27.3 Å². The molecule has 6 nitrogen and oxygen atoms in total. The first-order valence-electron chi connectivity index (χ1n) is 11.0. The molecular formula is C28H22N4O2S. The minimum atomic E-state index is -0.202. The number of fused-ring (bicyclic) bond motifs is 1. The predicted molar refractivity (Wildman–Crippen MR) is 141 cm³/mol. The molecular weight excluding hydrogens is 456 g/mol. The molecule has 0 spiro atoms. The van der Waals surface area contributed by atoms with E-state index in [-0.39, 0.29) is 5.91 Å². The number of aromatic nitrogens is 2. The summed E-state index contributed by atoms with van der Waals surface area (Å²) in [6, 6.07) is 23.1. The second kappa shape index (κ2) is 10.2. The summed E-state index contributed by atoms with van der Waals surface area (Å²) in [5.41, 5.74) is 9.91. The number of amides is 1. The van der Waals surface area contributed by atoms with Gasteiger partial charge in [0.2, 0.25) is 5.91 Å². The quantitative estimate of drug-likeness (QED) is 0.277. The second-order valence-electron chi connectivity index (χ2n) is 7.76. The third-order valence-corrected chi connectivity index (χ3v) is 6.41. The Morgan fingerprint density at radius 2 is 1.74 bits per heavy atom. The maximum Gasteiger partial charge on any atom is 0.244 e. The van der Waals surface area contributed by atoms with E-state index in [4.69, 9.17) is 10.5 Å². The van der Waals surface area contributed by atoms with Gasteiger partial charge in [0.05, 0.1) is 12.2 Å². The van der Waals surface area contributed by atoms with Gasteiger partial charge >= 0.3 is 0 Å². The van der Waals surface area contributed by atoms with E-state index < -0.39 is 0 Å². The van der Waals surface area contributed by atoms with Crippen LogP contribution in [0.1, 0.15) is 11.3 Å².